The Kier molecular flexibility index (Phi) is 8.39. The van der Waals surface area contributed by atoms with Crippen molar-refractivity contribution in [3.8, 4) is 0 Å². The first kappa shape index (κ1) is 16.8. The van der Waals surface area contributed by atoms with Crippen LogP contribution < -0.4 is 0 Å². The first-order valence-electron chi connectivity index (χ1n) is 5.02. The second-order valence-electron chi connectivity index (χ2n) is 3.69. The summed E-state index contributed by atoms with van der Waals surface area (Å²) in [5.41, 5.74) is 0. The summed E-state index contributed by atoms with van der Waals surface area (Å²) in [6.45, 7) is 4.46. The summed E-state index contributed by atoms with van der Waals surface area (Å²) in [6, 6.07) is 0. The monoisotopic (exact) mass is 261 g/mol. The molecule has 0 spiro atoms. The van der Waals surface area contributed by atoms with Crippen LogP contribution in [0.1, 0.15) is 0 Å². The number of piperazine rings is 1. The maximum Gasteiger partial charge on any atom is 0.266 e. The van der Waals surface area contributed by atoms with E-state index in [-0.39, 0.29) is 41.9 Å². The third-order valence-electron chi connectivity index (χ3n) is 2.55. The minimum Gasteiger partial charge on any atom is -0.395 e. The molecule has 1 heterocycles. The van der Waals surface area contributed by atoms with Crippen LogP contribution in [0.2, 0.25) is 0 Å². The third kappa shape index (κ3) is 7.18. The molecule has 0 bridgehead atoms. The van der Waals surface area contributed by atoms with E-state index in [1.165, 1.54) is 0 Å². The van der Waals surface area contributed by atoms with Crippen molar-refractivity contribution >= 4 is 39.7 Å². The standard InChI is InChI=1S/C8H18N2O4S.Na/c11-7-5-9-1-3-10(4-2-9)6-8-15(12,13)14;/h11H,1-8H2,(H,12,13,14);. The molecule has 91 valence electrons. The van der Waals surface area contributed by atoms with Gasteiger partial charge in [-0.3, -0.25) is 14.4 Å². The van der Waals surface area contributed by atoms with Crippen LogP contribution in [0.5, 0.6) is 0 Å². The number of aliphatic hydroxyl groups excluding tert-OH is 1. The second kappa shape index (κ2) is 7.99. The van der Waals surface area contributed by atoms with E-state index in [1.807, 2.05) is 4.90 Å². The van der Waals surface area contributed by atoms with E-state index < -0.39 is 10.1 Å². The molecule has 1 fully saturated rings. The van der Waals surface area contributed by atoms with E-state index in [9.17, 15) is 8.42 Å². The topological polar surface area (TPSA) is 81.1 Å². The Balaban J connectivity index is 0.00000225. The van der Waals surface area contributed by atoms with Crippen molar-refractivity contribution in [2.45, 2.75) is 0 Å². The molecule has 0 amide bonds. The van der Waals surface area contributed by atoms with E-state index in [2.05, 4.69) is 4.90 Å². The Bertz CT molecular complexity index is 278. The van der Waals surface area contributed by atoms with Crippen LogP contribution >= 0.6 is 0 Å². The number of nitrogens with zero attached hydrogens (tertiary/aromatic N) is 2. The van der Waals surface area contributed by atoms with Crippen LogP contribution in [0, 0.1) is 0 Å². The number of aliphatic hydroxyl groups is 1. The minimum atomic E-state index is -3.84. The number of hydrogen-bond donors (Lipinski definition) is 2. The molecule has 0 aromatic carbocycles. The molecule has 1 rings (SSSR count). The molecule has 0 aliphatic carbocycles. The molecule has 16 heavy (non-hydrogen) atoms. The Hall–Kier alpha value is 0.790. The first-order chi connectivity index (χ1) is 7.01. The molecule has 1 saturated heterocycles. The fraction of sp³-hybridized carbons (Fsp3) is 1.00. The van der Waals surface area contributed by atoms with Gasteiger partial charge >= 0.3 is 0 Å². The predicted octanol–water partition coefficient (Wildman–Crippen LogP) is -1.90. The van der Waals surface area contributed by atoms with Crippen LogP contribution in [0.25, 0.3) is 0 Å². The maximum absolute atomic E-state index is 10.5. The van der Waals surface area contributed by atoms with Gasteiger partial charge in [-0.1, -0.05) is 0 Å². The number of rotatable bonds is 5. The van der Waals surface area contributed by atoms with Crippen LogP contribution in [-0.2, 0) is 10.1 Å². The van der Waals surface area contributed by atoms with Gasteiger partial charge in [-0.05, 0) is 0 Å². The second-order valence-corrected chi connectivity index (χ2v) is 5.27. The smallest absolute Gasteiger partial charge is 0.266 e. The molecular weight excluding hydrogens is 243 g/mol. The van der Waals surface area contributed by atoms with Gasteiger partial charge in [-0.15, -0.1) is 0 Å². The van der Waals surface area contributed by atoms with Gasteiger partial charge in [0, 0.05) is 68.8 Å². The van der Waals surface area contributed by atoms with Crippen LogP contribution in [0.3, 0.4) is 0 Å². The molecule has 0 saturated carbocycles. The van der Waals surface area contributed by atoms with E-state index in [0.29, 0.717) is 13.1 Å². The van der Waals surface area contributed by atoms with Gasteiger partial charge in [-0.25, -0.2) is 0 Å². The summed E-state index contributed by atoms with van der Waals surface area (Å²) in [5.74, 6) is -0.201. The summed E-state index contributed by atoms with van der Waals surface area (Å²) >= 11 is 0. The molecule has 0 atom stereocenters. The molecule has 6 nitrogen and oxygen atoms in total. The average molecular weight is 261 g/mol. The molecule has 1 aliphatic rings. The molecule has 2 N–H and O–H groups in total. The van der Waals surface area contributed by atoms with E-state index in [0.717, 1.165) is 26.2 Å². The molecule has 1 radical (unpaired) electrons. The van der Waals surface area contributed by atoms with Gasteiger partial charge in [-0.2, -0.15) is 8.42 Å². The minimum absolute atomic E-state index is 0. The third-order valence-corrected chi connectivity index (χ3v) is 3.25. The predicted molar refractivity (Wildman–Crippen MR) is 62.1 cm³/mol. The first-order valence-corrected chi connectivity index (χ1v) is 6.63. The molecule has 8 heteroatoms. The van der Waals surface area contributed by atoms with Crippen molar-refractivity contribution in [1.29, 1.82) is 0 Å². The molecule has 0 aromatic rings. The average Bonchev–Trinajstić information content (AvgIpc) is 2.16. The molecule has 0 unspecified atom stereocenters. The normalized spacial score (nSPS) is 19.4. The van der Waals surface area contributed by atoms with Crippen LogP contribution in [0.15, 0.2) is 0 Å². The molecule has 0 aromatic heterocycles. The van der Waals surface area contributed by atoms with Crippen LogP contribution in [-0.4, -0.2) is 109 Å². The van der Waals surface area contributed by atoms with Crippen molar-refractivity contribution in [3.63, 3.8) is 0 Å². The van der Waals surface area contributed by atoms with Crippen molar-refractivity contribution < 1.29 is 18.1 Å². The largest absolute Gasteiger partial charge is 0.395 e. The summed E-state index contributed by atoms with van der Waals surface area (Å²) < 4.78 is 29.6. The van der Waals surface area contributed by atoms with Crippen molar-refractivity contribution in [2.75, 3.05) is 51.6 Å². The maximum atomic E-state index is 10.5. The van der Waals surface area contributed by atoms with Gasteiger partial charge < -0.3 is 5.11 Å². The van der Waals surface area contributed by atoms with Crippen molar-refractivity contribution in [1.82, 2.24) is 9.80 Å². The van der Waals surface area contributed by atoms with E-state index in [1.54, 1.807) is 0 Å². The quantitative estimate of drug-likeness (QED) is 0.444. The van der Waals surface area contributed by atoms with E-state index >= 15 is 0 Å². The summed E-state index contributed by atoms with van der Waals surface area (Å²) in [5, 5.41) is 8.73. The van der Waals surface area contributed by atoms with Crippen molar-refractivity contribution in [3.05, 3.63) is 0 Å². The Labute approximate surface area is 119 Å². The van der Waals surface area contributed by atoms with Gasteiger partial charge in [0.25, 0.3) is 10.1 Å². The summed E-state index contributed by atoms with van der Waals surface area (Å²) in [7, 11) is -3.84. The molecule has 1 aliphatic heterocycles. The Morgan fingerprint density at radius 1 is 1.00 bits per heavy atom. The number of β-amino-alcohol motifs (C(OH)–C–C–N with tert-alkyl or cyclic N) is 1. The Morgan fingerprint density at radius 3 is 1.81 bits per heavy atom. The van der Waals surface area contributed by atoms with Gasteiger partial charge in [0.15, 0.2) is 0 Å². The zero-order valence-corrected chi connectivity index (χ0v) is 12.5. The van der Waals surface area contributed by atoms with Gasteiger partial charge in [0.05, 0.1) is 12.4 Å². The summed E-state index contributed by atoms with van der Waals surface area (Å²) in [4.78, 5) is 4.13. The van der Waals surface area contributed by atoms with Crippen LogP contribution in [0.4, 0.5) is 0 Å². The fourth-order valence-corrected chi connectivity index (χ4v) is 2.11. The van der Waals surface area contributed by atoms with Gasteiger partial charge in [0.1, 0.15) is 0 Å². The SMILES string of the molecule is O=S(=O)(O)CCN1CCN(CCO)CC1.[Na]. The van der Waals surface area contributed by atoms with Crippen molar-refractivity contribution in [2.24, 2.45) is 0 Å². The molecular formula is C8H18N2NaO4S. The fourth-order valence-electron chi connectivity index (χ4n) is 1.62. The number of hydrogen-bond acceptors (Lipinski definition) is 5. The zero-order valence-electron chi connectivity index (χ0n) is 9.67. The summed E-state index contributed by atoms with van der Waals surface area (Å²) in [6.07, 6.45) is 0. The van der Waals surface area contributed by atoms with E-state index in [4.69, 9.17) is 9.66 Å². The Morgan fingerprint density at radius 2 is 1.44 bits per heavy atom. The van der Waals surface area contributed by atoms with Gasteiger partial charge in [0.2, 0.25) is 0 Å². The zero-order chi connectivity index (χ0) is 11.3.